The lowest BCUT2D eigenvalue weighted by atomic mass is 10.1. The van der Waals surface area contributed by atoms with Gasteiger partial charge in [0.2, 0.25) is 0 Å². The number of aliphatic carboxylic acids is 1. The Morgan fingerprint density at radius 3 is 2.81 bits per heavy atom. The van der Waals surface area contributed by atoms with Gasteiger partial charge in [-0.2, -0.15) is 0 Å². The van der Waals surface area contributed by atoms with Crippen molar-refractivity contribution in [2.75, 3.05) is 5.75 Å². The molecule has 1 aromatic rings. The molecule has 1 aromatic heterocycles. The van der Waals surface area contributed by atoms with Gasteiger partial charge in [-0.25, -0.2) is 4.98 Å². The van der Waals surface area contributed by atoms with Gasteiger partial charge in [-0.3, -0.25) is 4.79 Å². The van der Waals surface area contributed by atoms with E-state index in [0.29, 0.717) is 0 Å². The fraction of sp³-hybridized carbons (Fsp3) is 0.636. The van der Waals surface area contributed by atoms with E-state index in [2.05, 4.69) is 4.98 Å². The van der Waals surface area contributed by atoms with Gasteiger partial charge < -0.3 is 9.67 Å². The summed E-state index contributed by atoms with van der Waals surface area (Å²) >= 11 is 1.53. The highest BCUT2D eigenvalue weighted by Crippen LogP contribution is 2.20. The van der Waals surface area contributed by atoms with Gasteiger partial charge in [-0.15, -0.1) is 11.8 Å². The van der Waals surface area contributed by atoms with E-state index in [9.17, 15) is 4.79 Å². The Kier molecular flexibility index (Phi) is 5.38. The SMILES string of the molecule is CC(C)C(SCCCn1ccnc1)C(=O)O. The number of imidazole rings is 1. The molecule has 0 aliphatic carbocycles. The Morgan fingerprint density at radius 1 is 1.56 bits per heavy atom. The molecule has 1 atom stereocenters. The molecule has 0 aliphatic rings. The number of carboxylic acids is 1. The first kappa shape index (κ1) is 13.1. The first-order chi connectivity index (χ1) is 7.61. The summed E-state index contributed by atoms with van der Waals surface area (Å²) < 4.78 is 2.01. The summed E-state index contributed by atoms with van der Waals surface area (Å²) in [7, 11) is 0. The summed E-state index contributed by atoms with van der Waals surface area (Å²) in [5.74, 6) is 0.339. The van der Waals surface area contributed by atoms with Gasteiger partial charge in [0.15, 0.2) is 0 Å². The van der Waals surface area contributed by atoms with Crippen molar-refractivity contribution in [3.63, 3.8) is 0 Å². The van der Waals surface area contributed by atoms with E-state index in [1.807, 2.05) is 24.6 Å². The van der Waals surface area contributed by atoms with Gasteiger partial charge in [-0.1, -0.05) is 13.8 Å². The highest BCUT2D eigenvalue weighted by molar-refractivity contribution is 8.00. The number of nitrogens with zero attached hydrogens (tertiary/aromatic N) is 2. The summed E-state index contributed by atoms with van der Waals surface area (Å²) in [6.45, 7) is 4.79. The zero-order valence-corrected chi connectivity index (χ0v) is 10.5. The molecule has 0 spiro atoms. The molecule has 90 valence electrons. The average Bonchev–Trinajstić information content (AvgIpc) is 2.68. The fourth-order valence-corrected chi connectivity index (χ4v) is 2.50. The Balaban J connectivity index is 2.21. The number of carboxylic acid groups (broad SMARTS) is 1. The summed E-state index contributed by atoms with van der Waals surface area (Å²) in [6.07, 6.45) is 6.42. The second kappa shape index (κ2) is 6.58. The van der Waals surface area contributed by atoms with Crippen LogP contribution in [0, 0.1) is 5.92 Å². The lowest BCUT2D eigenvalue weighted by molar-refractivity contribution is -0.137. The van der Waals surface area contributed by atoms with Crippen LogP contribution < -0.4 is 0 Å². The monoisotopic (exact) mass is 242 g/mol. The number of hydrogen-bond donors (Lipinski definition) is 1. The normalized spacial score (nSPS) is 12.9. The molecule has 0 radical (unpaired) electrons. The van der Waals surface area contributed by atoms with Gasteiger partial charge in [-0.05, 0) is 18.1 Å². The van der Waals surface area contributed by atoms with Crippen molar-refractivity contribution in [3.8, 4) is 0 Å². The number of thioether (sulfide) groups is 1. The second-order valence-electron chi connectivity index (χ2n) is 4.03. The number of carbonyl (C=O) groups is 1. The molecule has 5 heteroatoms. The van der Waals surface area contributed by atoms with Crippen LogP contribution in [0.4, 0.5) is 0 Å². The maximum atomic E-state index is 10.9. The van der Waals surface area contributed by atoms with E-state index < -0.39 is 5.97 Å². The quantitative estimate of drug-likeness (QED) is 0.744. The van der Waals surface area contributed by atoms with Crippen LogP contribution in [0.25, 0.3) is 0 Å². The van der Waals surface area contributed by atoms with Crippen LogP contribution in [0.3, 0.4) is 0 Å². The van der Waals surface area contributed by atoms with Crippen LogP contribution in [0.2, 0.25) is 0 Å². The molecule has 1 N–H and O–H groups in total. The zero-order chi connectivity index (χ0) is 12.0. The lowest BCUT2D eigenvalue weighted by Crippen LogP contribution is -2.23. The van der Waals surface area contributed by atoms with E-state index in [4.69, 9.17) is 5.11 Å². The maximum absolute atomic E-state index is 10.9. The van der Waals surface area contributed by atoms with Crippen LogP contribution in [0.5, 0.6) is 0 Å². The molecule has 4 nitrogen and oxygen atoms in total. The van der Waals surface area contributed by atoms with Crippen LogP contribution in [0.15, 0.2) is 18.7 Å². The van der Waals surface area contributed by atoms with E-state index in [1.54, 1.807) is 12.5 Å². The molecule has 0 bridgehead atoms. The molecule has 0 fully saturated rings. The third-order valence-electron chi connectivity index (χ3n) is 2.27. The van der Waals surface area contributed by atoms with Crippen molar-refractivity contribution >= 4 is 17.7 Å². The van der Waals surface area contributed by atoms with Gasteiger partial charge in [0.25, 0.3) is 0 Å². The predicted molar refractivity (Wildman–Crippen MR) is 65.6 cm³/mol. The second-order valence-corrected chi connectivity index (χ2v) is 5.28. The molecule has 1 heterocycles. The topological polar surface area (TPSA) is 55.1 Å². The van der Waals surface area contributed by atoms with E-state index in [1.165, 1.54) is 11.8 Å². The van der Waals surface area contributed by atoms with Gasteiger partial charge >= 0.3 is 5.97 Å². The number of rotatable bonds is 7. The van der Waals surface area contributed by atoms with E-state index >= 15 is 0 Å². The molecule has 1 rings (SSSR count). The van der Waals surface area contributed by atoms with Gasteiger partial charge in [0.1, 0.15) is 5.25 Å². The van der Waals surface area contributed by atoms with Crippen molar-refractivity contribution < 1.29 is 9.90 Å². The summed E-state index contributed by atoms with van der Waals surface area (Å²) in [6, 6.07) is 0. The average molecular weight is 242 g/mol. The Morgan fingerprint density at radius 2 is 2.31 bits per heavy atom. The predicted octanol–water partition coefficient (Wildman–Crippen LogP) is 2.12. The number of aromatic nitrogens is 2. The third-order valence-corrected chi connectivity index (χ3v) is 3.90. The molecule has 1 unspecified atom stereocenters. The standard InChI is InChI=1S/C11H18N2O2S/c1-9(2)10(11(14)15)16-7-3-5-13-6-4-12-8-13/h4,6,8-10H,3,5,7H2,1-2H3,(H,14,15). The third kappa shape index (κ3) is 4.26. The molecule has 0 aromatic carbocycles. The largest absolute Gasteiger partial charge is 0.480 e. The minimum Gasteiger partial charge on any atom is -0.480 e. The van der Waals surface area contributed by atoms with Crippen LogP contribution in [-0.4, -0.2) is 31.6 Å². The first-order valence-electron chi connectivity index (χ1n) is 5.41. The Bertz CT molecular complexity index is 312. The minimum absolute atomic E-state index is 0.177. The van der Waals surface area contributed by atoms with Crippen molar-refractivity contribution in [1.29, 1.82) is 0 Å². The Hall–Kier alpha value is -0.970. The van der Waals surface area contributed by atoms with E-state index in [-0.39, 0.29) is 11.2 Å². The first-order valence-corrected chi connectivity index (χ1v) is 6.46. The highest BCUT2D eigenvalue weighted by atomic mass is 32.2. The number of aryl methyl sites for hydroxylation is 1. The van der Waals surface area contributed by atoms with Crippen LogP contribution >= 0.6 is 11.8 Å². The highest BCUT2D eigenvalue weighted by Gasteiger charge is 2.21. The summed E-state index contributed by atoms with van der Waals surface area (Å²) in [5, 5.41) is 8.70. The zero-order valence-electron chi connectivity index (χ0n) is 9.67. The molecule has 0 aliphatic heterocycles. The van der Waals surface area contributed by atoms with Crippen LogP contribution in [-0.2, 0) is 11.3 Å². The van der Waals surface area contributed by atoms with Gasteiger partial charge in [0.05, 0.1) is 6.33 Å². The summed E-state index contributed by atoms with van der Waals surface area (Å²) in [5.41, 5.74) is 0. The minimum atomic E-state index is -0.706. The Labute approximate surface area is 100 Å². The van der Waals surface area contributed by atoms with E-state index in [0.717, 1.165) is 18.7 Å². The maximum Gasteiger partial charge on any atom is 0.316 e. The lowest BCUT2D eigenvalue weighted by Gasteiger charge is -2.15. The van der Waals surface area contributed by atoms with Gasteiger partial charge in [0, 0.05) is 18.9 Å². The van der Waals surface area contributed by atoms with Crippen molar-refractivity contribution in [1.82, 2.24) is 9.55 Å². The van der Waals surface area contributed by atoms with Crippen molar-refractivity contribution in [2.45, 2.75) is 32.1 Å². The molecular formula is C11H18N2O2S. The smallest absolute Gasteiger partial charge is 0.316 e. The van der Waals surface area contributed by atoms with Crippen molar-refractivity contribution in [3.05, 3.63) is 18.7 Å². The summed E-state index contributed by atoms with van der Waals surface area (Å²) in [4.78, 5) is 14.9. The fourth-order valence-electron chi connectivity index (χ4n) is 1.43. The molecule has 0 saturated heterocycles. The van der Waals surface area contributed by atoms with Crippen LogP contribution in [0.1, 0.15) is 20.3 Å². The molecular weight excluding hydrogens is 224 g/mol. The molecule has 16 heavy (non-hydrogen) atoms. The molecule has 0 amide bonds. The molecule has 0 saturated carbocycles. The van der Waals surface area contributed by atoms with Crippen molar-refractivity contribution in [2.24, 2.45) is 5.92 Å². The number of hydrogen-bond acceptors (Lipinski definition) is 3.